The van der Waals surface area contributed by atoms with Gasteiger partial charge in [0.1, 0.15) is 17.4 Å². The van der Waals surface area contributed by atoms with Gasteiger partial charge in [-0.2, -0.15) is 0 Å². The first-order valence-corrected chi connectivity index (χ1v) is 6.54. The van der Waals surface area contributed by atoms with Crippen molar-refractivity contribution < 1.29 is 13.5 Å². The first-order valence-electron chi connectivity index (χ1n) is 6.54. The van der Waals surface area contributed by atoms with Crippen molar-refractivity contribution in [2.24, 2.45) is 0 Å². The van der Waals surface area contributed by atoms with Gasteiger partial charge in [0.15, 0.2) is 0 Å². The monoisotopic (exact) mass is 277 g/mol. The minimum atomic E-state index is -0.577. The molecule has 2 aromatic rings. The Morgan fingerprint density at radius 3 is 2.40 bits per heavy atom. The Balaban J connectivity index is 2.21. The molecule has 1 N–H and O–H groups in total. The normalized spacial score (nSPS) is 12.0. The molecule has 0 fully saturated rings. The van der Waals surface area contributed by atoms with Crippen molar-refractivity contribution in [3.05, 3.63) is 59.7 Å². The Morgan fingerprint density at radius 1 is 1.10 bits per heavy atom. The summed E-state index contributed by atoms with van der Waals surface area (Å²) in [5, 5.41) is 3.21. The van der Waals surface area contributed by atoms with E-state index in [0.717, 1.165) is 17.5 Å². The first kappa shape index (κ1) is 14.3. The van der Waals surface area contributed by atoms with E-state index in [1.165, 1.54) is 12.1 Å². The molecule has 0 aliphatic rings. The fourth-order valence-electron chi connectivity index (χ4n) is 2.01. The average Bonchev–Trinajstić information content (AvgIpc) is 2.40. The van der Waals surface area contributed by atoms with Gasteiger partial charge in [0.2, 0.25) is 0 Å². The van der Waals surface area contributed by atoms with Gasteiger partial charge in [-0.25, -0.2) is 8.78 Å². The van der Waals surface area contributed by atoms with E-state index < -0.39 is 11.6 Å². The SMILES string of the molecule is CCOc1ccccc1NC(C)c1cc(F)cc(F)c1. The first-order chi connectivity index (χ1) is 9.60. The fraction of sp³-hybridized carbons (Fsp3) is 0.250. The summed E-state index contributed by atoms with van der Waals surface area (Å²) in [6.07, 6.45) is 0. The van der Waals surface area contributed by atoms with Gasteiger partial charge in [-0.3, -0.25) is 0 Å². The lowest BCUT2D eigenvalue weighted by Crippen LogP contribution is -2.09. The standard InChI is InChI=1S/C16H17F2NO/c1-3-20-16-7-5-4-6-15(16)19-11(2)12-8-13(17)10-14(18)9-12/h4-11,19H,3H2,1-2H3. The molecule has 0 aromatic heterocycles. The predicted octanol–water partition coefficient (Wildman–Crippen LogP) is 4.54. The third-order valence-electron chi connectivity index (χ3n) is 2.94. The van der Waals surface area contributed by atoms with Crippen LogP contribution in [0.5, 0.6) is 5.75 Å². The molecule has 0 spiro atoms. The molecule has 0 heterocycles. The predicted molar refractivity (Wildman–Crippen MR) is 76.0 cm³/mol. The van der Waals surface area contributed by atoms with Gasteiger partial charge in [0.25, 0.3) is 0 Å². The van der Waals surface area contributed by atoms with Crippen molar-refractivity contribution in [3.8, 4) is 5.75 Å². The van der Waals surface area contributed by atoms with Crippen molar-refractivity contribution in [1.29, 1.82) is 0 Å². The van der Waals surface area contributed by atoms with Crippen LogP contribution >= 0.6 is 0 Å². The fourth-order valence-corrected chi connectivity index (χ4v) is 2.01. The zero-order valence-corrected chi connectivity index (χ0v) is 11.5. The molecular weight excluding hydrogens is 260 g/mol. The number of ether oxygens (including phenoxy) is 1. The molecule has 0 radical (unpaired) electrons. The van der Waals surface area contributed by atoms with Crippen LogP contribution in [0, 0.1) is 11.6 Å². The second-order valence-electron chi connectivity index (χ2n) is 4.50. The molecule has 106 valence electrons. The Labute approximate surface area is 117 Å². The maximum absolute atomic E-state index is 13.2. The number of hydrogen-bond acceptors (Lipinski definition) is 2. The minimum Gasteiger partial charge on any atom is -0.492 e. The van der Waals surface area contributed by atoms with E-state index in [-0.39, 0.29) is 6.04 Å². The zero-order chi connectivity index (χ0) is 14.5. The number of hydrogen-bond donors (Lipinski definition) is 1. The molecule has 0 aliphatic carbocycles. The quantitative estimate of drug-likeness (QED) is 0.866. The lowest BCUT2D eigenvalue weighted by atomic mass is 10.1. The van der Waals surface area contributed by atoms with Gasteiger partial charge in [0, 0.05) is 12.1 Å². The van der Waals surface area contributed by atoms with Crippen molar-refractivity contribution in [2.75, 3.05) is 11.9 Å². The number of halogens is 2. The van der Waals surface area contributed by atoms with E-state index in [9.17, 15) is 8.78 Å². The summed E-state index contributed by atoms with van der Waals surface area (Å²) in [5.41, 5.74) is 1.35. The van der Waals surface area contributed by atoms with Gasteiger partial charge in [-0.15, -0.1) is 0 Å². The second kappa shape index (κ2) is 6.37. The molecule has 4 heteroatoms. The van der Waals surface area contributed by atoms with E-state index in [1.807, 2.05) is 38.1 Å². The average molecular weight is 277 g/mol. The molecule has 2 aromatic carbocycles. The van der Waals surface area contributed by atoms with Crippen LogP contribution in [-0.4, -0.2) is 6.61 Å². The van der Waals surface area contributed by atoms with Gasteiger partial charge in [-0.05, 0) is 43.7 Å². The van der Waals surface area contributed by atoms with Crippen molar-refractivity contribution in [2.45, 2.75) is 19.9 Å². The highest BCUT2D eigenvalue weighted by molar-refractivity contribution is 5.57. The van der Waals surface area contributed by atoms with Gasteiger partial charge in [0.05, 0.1) is 12.3 Å². The van der Waals surface area contributed by atoms with Crippen molar-refractivity contribution in [1.82, 2.24) is 0 Å². The molecule has 0 amide bonds. The Morgan fingerprint density at radius 2 is 1.75 bits per heavy atom. The third-order valence-corrected chi connectivity index (χ3v) is 2.94. The number of anilines is 1. The van der Waals surface area contributed by atoms with Gasteiger partial charge in [-0.1, -0.05) is 12.1 Å². The smallest absolute Gasteiger partial charge is 0.142 e. The van der Waals surface area contributed by atoms with Crippen LogP contribution < -0.4 is 10.1 Å². The Bertz CT molecular complexity index is 566. The van der Waals surface area contributed by atoms with E-state index >= 15 is 0 Å². The zero-order valence-electron chi connectivity index (χ0n) is 11.5. The van der Waals surface area contributed by atoms with Crippen LogP contribution in [0.25, 0.3) is 0 Å². The van der Waals surface area contributed by atoms with Crippen LogP contribution in [-0.2, 0) is 0 Å². The van der Waals surface area contributed by atoms with Crippen LogP contribution in [0.1, 0.15) is 25.5 Å². The minimum absolute atomic E-state index is 0.234. The molecular formula is C16H17F2NO. The number of benzene rings is 2. The van der Waals surface area contributed by atoms with E-state index in [2.05, 4.69) is 5.32 Å². The highest BCUT2D eigenvalue weighted by Crippen LogP contribution is 2.28. The third kappa shape index (κ3) is 3.47. The summed E-state index contributed by atoms with van der Waals surface area (Å²) < 4.78 is 32.0. The molecule has 2 nitrogen and oxygen atoms in total. The maximum atomic E-state index is 13.2. The molecule has 0 aliphatic heterocycles. The van der Waals surface area contributed by atoms with Crippen LogP contribution in [0.15, 0.2) is 42.5 Å². The largest absolute Gasteiger partial charge is 0.492 e. The van der Waals surface area contributed by atoms with Crippen LogP contribution in [0.2, 0.25) is 0 Å². The molecule has 0 saturated carbocycles. The number of rotatable bonds is 5. The topological polar surface area (TPSA) is 21.3 Å². The molecule has 0 bridgehead atoms. The second-order valence-corrected chi connectivity index (χ2v) is 4.50. The molecule has 2 rings (SSSR count). The van der Waals surface area contributed by atoms with Crippen LogP contribution in [0.4, 0.5) is 14.5 Å². The van der Waals surface area contributed by atoms with Gasteiger partial charge < -0.3 is 10.1 Å². The highest BCUT2D eigenvalue weighted by atomic mass is 19.1. The number of nitrogens with one attached hydrogen (secondary N) is 1. The number of para-hydroxylation sites is 2. The summed E-state index contributed by atoms with van der Waals surface area (Å²) in [6, 6.07) is 10.8. The van der Waals surface area contributed by atoms with Crippen molar-refractivity contribution >= 4 is 5.69 Å². The lowest BCUT2D eigenvalue weighted by molar-refractivity contribution is 0.341. The van der Waals surface area contributed by atoms with Gasteiger partial charge >= 0.3 is 0 Å². The Hall–Kier alpha value is -2.10. The maximum Gasteiger partial charge on any atom is 0.142 e. The molecule has 20 heavy (non-hydrogen) atoms. The summed E-state index contributed by atoms with van der Waals surface area (Å²) in [6.45, 7) is 4.31. The molecule has 1 unspecified atom stereocenters. The highest BCUT2D eigenvalue weighted by Gasteiger charge is 2.11. The van der Waals surface area contributed by atoms with E-state index in [4.69, 9.17) is 4.74 Å². The van der Waals surface area contributed by atoms with E-state index in [0.29, 0.717) is 12.2 Å². The van der Waals surface area contributed by atoms with Crippen LogP contribution in [0.3, 0.4) is 0 Å². The molecule has 1 atom stereocenters. The van der Waals surface area contributed by atoms with E-state index in [1.54, 1.807) is 0 Å². The lowest BCUT2D eigenvalue weighted by Gasteiger charge is -2.18. The summed E-state index contributed by atoms with van der Waals surface area (Å²) in [7, 11) is 0. The summed E-state index contributed by atoms with van der Waals surface area (Å²) in [4.78, 5) is 0. The van der Waals surface area contributed by atoms with Crippen molar-refractivity contribution in [3.63, 3.8) is 0 Å². The summed E-state index contributed by atoms with van der Waals surface area (Å²) in [5.74, 6) is -0.433. The summed E-state index contributed by atoms with van der Waals surface area (Å²) >= 11 is 0. The Kier molecular flexibility index (Phi) is 4.56. The molecule has 0 saturated heterocycles.